The van der Waals surface area contributed by atoms with E-state index in [9.17, 15) is 4.79 Å². The van der Waals surface area contributed by atoms with Gasteiger partial charge in [-0.3, -0.25) is 4.79 Å². The zero-order valence-electron chi connectivity index (χ0n) is 18.2. The van der Waals surface area contributed by atoms with Crippen molar-refractivity contribution in [3.63, 3.8) is 0 Å². The van der Waals surface area contributed by atoms with Crippen molar-refractivity contribution >= 4 is 5.91 Å². The van der Waals surface area contributed by atoms with Gasteiger partial charge in [0.2, 0.25) is 0 Å². The number of aromatic nitrogens is 3. The highest BCUT2D eigenvalue weighted by atomic mass is 16.3. The maximum Gasteiger partial charge on any atom is 0.287 e. The number of nitrogens with zero attached hydrogens (tertiary/aromatic N) is 4. The summed E-state index contributed by atoms with van der Waals surface area (Å²) in [6.07, 6.45) is 5.67. The average molecular weight is 402 g/mol. The molecule has 3 heterocycles. The van der Waals surface area contributed by atoms with Crippen LogP contribution in [0.4, 0.5) is 0 Å². The number of amides is 1. The van der Waals surface area contributed by atoms with Crippen molar-refractivity contribution in [2.45, 2.75) is 66.0 Å². The summed E-state index contributed by atoms with van der Waals surface area (Å²) in [5.74, 6) is 3.17. The molecule has 2 aromatic heterocycles. The first-order valence-electron chi connectivity index (χ1n) is 11.0. The molecule has 0 spiro atoms. The van der Waals surface area contributed by atoms with Crippen LogP contribution in [-0.4, -0.2) is 45.2 Å². The minimum atomic E-state index is -0.206. The highest BCUT2D eigenvalue weighted by Gasteiger charge is 2.27. The first-order chi connectivity index (χ1) is 14.0. The molecular weight excluding hydrogens is 366 g/mol. The van der Waals surface area contributed by atoms with Crippen molar-refractivity contribution in [1.82, 2.24) is 25.0 Å². The second-order valence-electron chi connectivity index (χ2n) is 8.49. The van der Waals surface area contributed by atoms with E-state index in [1.165, 1.54) is 19.1 Å². The van der Waals surface area contributed by atoms with Crippen LogP contribution < -0.4 is 5.32 Å². The maximum atomic E-state index is 12.6. The van der Waals surface area contributed by atoms with Crippen LogP contribution in [-0.2, 0) is 13.0 Å². The van der Waals surface area contributed by atoms with E-state index < -0.39 is 0 Å². The Labute approximate surface area is 173 Å². The predicted octanol–water partition coefficient (Wildman–Crippen LogP) is 3.68. The molecule has 7 nitrogen and oxygen atoms in total. The molecule has 0 aliphatic carbocycles. The lowest BCUT2D eigenvalue weighted by Gasteiger charge is -2.25. The Morgan fingerprint density at radius 1 is 1.21 bits per heavy atom. The molecule has 0 saturated heterocycles. The fourth-order valence-corrected chi connectivity index (χ4v) is 4.08. The lowest BCUT2D eigenvalue weighted by atomic mass is 10.0. The number of hydrogen-bond donors (Lipinski definition) is 1. The van der Waals surface area contributed by atoms with Crippen molar-refractivity contribution in [2.75, 3.05) is 19.6 Å². The summed E-state index contributed by atoms with van der Waals surface area (Å²) in [5, 5.41) is 12.1. The highest BCUT2D eigenvalue weighted by molar-refractivity contribution is 5.91. The Morgan fingerprint density at radius 3 is 2.66 bits per heavy atom. The molecule has 29 heavy (non-hydrogen) atoms. The highest BCUT2D eigenvalue weighted by Crippen LogP contribution is 2.23. The Morgan fingerprint density at radius 2 is 2.00 bits per heavy atom. The molecule has 7 heteroatoms. The summed E-state index contributed by atoms with van der Waals surface area (Å²) in [7, 11) is 0. The van der Waals surface area contributed by atoms with Crippen molar-refractivity contribution in [3.05, 3.63) is 35.8 Å². The number of nitrogens with one attached hydrogen (secondary N) is 1. The molecule has 0 aromatic carbocycles. The van der Waals surface area contributed by atoms with Crippen molar-refractivity contribution in [1.29, 1.82) is 0 Å². The van der Waals surface area contributed by atoms with Gasteiger partial charge in [-0.25, -0.2) is 0 Å². The Hall–Kier alpha value is -2.15. The van der Waals surface area contributed by atoms with Gasteiger partial charge in [-0.15, -0.1) is 10.2 Å². The second kappa shape index (κ2) is 10.1. The van der Waals surface area contributed by atoms with Gasteiger partial charge in [0.25, 0.3) is 5.91 Å². The number of furan rings is 1. The van der Waals surface area contributed by atoms with E-state index in [0.717, 1.165) is 56.6 Å². The van der Waals surface area contributed by atoms with Gasteiger partial charge < -0.3 is 19.2 Å². The molecule has 0 fully saturated rings. The Bertz CT molecular complexity index is 764. The molecule has 1 atom stereocenters. The average Bonchev–Trinajstić information content (AvgIpc) is 3.33. The number of carbonyl (C=O) groups is 1. The van der Waals surface area contributed by atoms with Crippen molar-refractivity contribution < 1.29 is 9.21 Å². The third-order valence-corrected chi connectivity index (χ3v) is 5.89. The fraction of sp³-hybridized carbons (Fsp3) is 0.682. The third kappa shape index (κ3) is 5.47. The van der Waals surface area contributed by atoms with E-state index in [1.807, 2.05) is 0 Å². The largest absolute Gasteiger partial charge is 0.459 e. The third-order valence-electron chi connectivity index (χ3n) is 5.89. The summed E-state index contributed by atoms with van der Waals surface area (Å²) < 4.78 is 7.49. The van der Waals surface area contributed by atoms with Crippen LogP contribution in [0.15, 0.2) is 22.8 Å². The Kier molecular flexibility index (Phi) is 7.47. The molecule has 2 aromatic rings. The minimum Gasteiger partial charge on any atom is -0.459 e. The first-order valence-corrected chi connectivity index (χ1v) is 11.0. The zero-order valence-corrected chi connectivity index (χ0v) is 18.2. The van der Waals surface area contributed by atoms with Crippen LogP contribution in [0.25, 0.3) is 0 Å². The van der Waals surface area contributed by atoms with Gasteiger partial charge in [0.1, 0.15) is 5.82 Å². The number of fused-ring (bicyclic) bond motifs is 1. The van der Waals surface area contributed by atoms with Crippen LogP contribution in [0.3, 0.4) is 0 Å². The maximum absolute atomic E-state index is 12.6. The summed E-state index contributed by atoms with van der Waals surface area (Å²) >= 11 is 0. The fourth-order valence-electron chi connectivity index (χ4n) is 4.08. The summed E-state index contributed by atoms with van der Waals surface area (Å²) in [6, 6.07) is 3.23. The standard InChI is InChI=1S/C22H35N5O2/c1-5-17(6-2)15-26-10-9-20-24-25-21(27(20)12-11-26)18(14-16(3)4)23-22(28)19-8-7-13-29-19/h7-8,13,16-18H,5-6,9-12,14-15H2,1-4H3,(H,23,28). The smallest absolute Gasteiger partial charge is 0.287 e. The summed E-state index contributed by atoms with van der Waals surface area (Å²) in [4.78, 5) is 15.1. The van der Waals surface area contributed by atoms with E-state index in [2.05, 4.69) is 52.7 Å². The second-order valence-corrected chi connectivity index (χ2v) is 8.49. The van der Waals surface area contributed by atoms with Crippen molar-refractivity contribution in [3.8, 4) is 0 Å². The topological polar surface area (TPSA) is 76.2 Å². The SMILES string of the molecule is CCC(CC)CN1CCc2nnc(C(CC(C)C)NC(=O)c3ccco3)n2CC1. The molecule has 1 aliphatic heterocycles. The molecule has 0 saturated carbocycles. The minimum absolute atomic E-state index is 0.181. The van der Waals surface area contributed by atoms with E-state index in [-0.39, 0.29) is 11.9 Å². The molecule has 0 radical (unpaired) electrons. The van der Waals surface area contributed by atoms with Crippen LogP contribution in [0.2, 0.25) is 0 Å². The van der Waals surface area contributed by atoms with Crippen LogP contribution in [0, 0.1) is 11.8 Å². The quantitative estimate of drug-likeness (QED) is 0.694. The lowest BCUT2D eigenvalue weighted by Crippen LogP contribution is -2.33. The van der Waals surface area contributed by atoms with Gasteiger partial charge in [0.15, 0.2) is 11.6 Å². The van der Waals surface area contributed by atoms with Gasteiger partial charge >= 0.3 is 0 Å². The van der Waals surface area contributed by atoms with E-state index in [1.54, 1.807) is 12.1 Å². The van der Waals surface area contributed by atoms with E-state index in [4.69, 9.17) is 4.42 Å². The van der Waals surface area contributed by atoms with Gasteiger partial charge in [0, 0.05) is 32.6 Å². The molecule has 1 amide bonds. The number of carbonyl (C=O) groups excluding carboxylic acids is 1. The predicted molar refractivity (Wildman–Crippen MR) is 113 cm³/mol. The molecule has 3 rings (SSSR count). The molecular formula is C22H35N5O2. The number of rotatable bonds is 9. The van der Waals surface area contributed by atoms with E-state index in [0.29, 0.717) is 11.7 Å². The lowest BCUT2D eigenvalue weighted by molar-refractivity contribution is 0.0900. The van der Waals surface area contributed by atoms with Gasteiger partial charge in [-0.1, -0.05) is 40.5 Å². The van der Waals surface area contributed by atoms with Gasteiger partial charge in [-0.05, 0) is 30.4 Å². The molecule has 1 unspecified atom stereocenters. The first kappa shape index (κ1) is 21.6. The summed E-state index contributed by atoms with van der Waals surface area (Å²) in [6.45, 7) is 12.9. The van der Waals surface area contributed by atoms with Gasteiger partial charge in [0.05, 0.1) is 12.3 Å². The van der Waals surface area contributed by atoms with Gasteiger partial charge in [-0.2, -0.15) is 0 Å². The van der Waals surface area contributed by atoms with Crippen LogP contribution in [0.5, 0.6) is 0 Å². The summed E-state index contributed by atoms with van der Waals surface area (Å²) in [5.41, 5.74) is 0. The molecule has 160 valence electrons. The monoisotopic (exact) mass is 401 g/mol. The Balaban J connectivity index is 1.74. The molecule has 1 aliphatic rings. The normalized spacial score (nSPS) is 16.1. The zero-order chi connectivity index (χ0) is 20.8. The number of hydrogen-bond acceptors (Lipinski definition) is 5. The van der Waals surface area contributed by atoms with E-state index >= 15 is 0 Å². The molecule has 0 bridgehead atoms. The van der Waals surface area contributed by atoms with Crippen LogP contribution in [0.1, 0.15) is 75.2 Å². The van der Waals surface area contributed by atoms with Crippen molar-refractivity contribution in [2.24, 2.45) is 11.8 Å². The molecule has 1 N–H and O–H groups in total. The van der Waals surface area contributed by atoms with Crippen LogP contribution >= 0.6 is 0 Å².